The number of alkyl halides is 2. The third-order valence-electron chi connectivity index (χ3n) is 4.23. The Bertz CT molecular complexity index is 460. The van der Waals surface area contributed by atoms with Crippen LogP contribution in [-0.4, -0.2) is 21.5 Å². The van der Waals surface area contributed by atoms with Crippen LogP contribution < -0.4 is 0 Å². The number of Topliss-reactive ketones (excluding diaryl/α,β-unsaturated/α-hetero) is 1. The van der Waals surface area contributed by atoms with Crippen molar-refractivity contribution >= 4 is 5.78 Å². The molecule has 1 atom stereocenters. The Morgan fingerprint density at radius 1 is 1.50 bits per heavy atom. The Kier molecular flexibility index (Phi) is 4.55. The molecule has 0 saturated heterocycles. The molecule has 1 unspecified atom stereocenters. The number of aromatic nitrogens is 2. The van der Waals surface area contributed by atoms with Crippen LogP contribution in [0.15, 0.2) is 12.3 Å². The number of halogens is 2. The molecule has 1 heterocycles. The molecule has 2 rings (SSSR count). The molecule has 0 amide bonds. The van der Waals surface area contributed by atoms with Gasteiger partial charge in [-0.3, -0.25) is 9.48 Å². The molecule has 5 heteroatoms. The van der Waals surface area contributed by atoms with Gasteiger partial charge in [-0.05, 0) is 32.3 Å². The number of hydrogen-bond acceptors (Lipinski definition) is 2. The molecule has 0 N–H and O–H groups in total. The predicted molar refractivity (Wildman–Crippen MR) is 72.8 cm³/mol. The third-order valence-corrected chi connectivity index (χ3v) is 4.23. The Morgan fingerprint density at radius 3 is 2.75 bits per heavy atom. The summed E-state index contributed by atoms with van der Waals surface area (Å²) in [5, 5.41) is 4.39. The minimum absolute atomic E-state index is 0.0508. The topological polar surface area (TPSA) is 34.9 Å². The van der Waals surface area contributed by atoms with Gasteiger partial charge in [0, 0.05) is 31.0 Å². The van der Waals surface area contributed by atoms with Gasteiger partial charge in [-0.2, -0.15) is 5.10 Å². The SMILES string of the molecule is CCC(C)n1ccc(CC(=O)C2CCC(F)(F)CC2)n1. The number of rotatable bonds is 5. The molecule has 0 radical (unpaired) electrons. The fourth-order valence-corrected chi connectivity index (χ4v) is 2.59. The van der Waals surface area contributed by atoms with Gasteiger partial charge in [0.05, 0.1) is 12.1 Å². The molecule has 20 heavy (non-hydrogen) atoms. The summed E-state index contributed by atoms with van der Waals surface area (Å²) in [4.78, 5) is 12.1. The highest BCUT2D eigenvalue weighted by atomic mass is 19.3. The quantitative estimate of drug-likeness (QED) is 0.824. The van der Waals surface area contributed by atoms with Gasteiger partial charge in [0.2, 0.25) is 5.92 Å². The van der Waals surface area contributed by atoms with Crippen LogP contribution in [0, 0.1) is 5.92 Å². The zero-order valence-corrected chi connectivity index (χ0v) is 12.1. The normalized spacial score (nSPS) is 20.8. The first kappa shape index (κ1) is 15.1. The summed E-state index contributed by atoms with van der Waals surface area (Å²) in [5.41, 5.74) is 0.743. The van der Waals surface area contributed by atoms with Crippen molar-refractivity contribution in [2.75, 3.05) is 0 Å². The van der Waals surface area contributed by atoms with Crippen LogP contribution in [0.3, 0.4) is 0 Å². The predicted octanol–water partition coefficient (Wildman–Crippen LogP) is 3.79. The van der Waals surface area contributed by atoms with Crippen LogP contribution in [-0.2, 0) is 11.2 Å². The van der Waals surface area contributed by atoms with Crippen molar-refractivity contribution < 1.29 is 13.6 Å². The lowest BCUT2D eigenvalue weighted by atomic mass is 9.83. The molecule has 1 fully saturated rings. The fourth-order valence-electron chi connectivity index (χ4n) is 2.59. The number of carbonyl (C=O) groups is 1. The highest BCUT2D eigenvalue weighted by Crippen LogP contribution is 2.36. The molecular formula is C15H22F2N2O. The summed E-state index contributed by atoms with van der Waals surface area (Å²) in [5.74, 6) is -2.74. The van der Waals surface area contributed by atoms with E-state index in [0.29, 0.717) is 18.9 Å². The Hall–Kier alpha value is -1.26. The summed E-state index contributed by atoms with van der Waals surface area (Å²) >= 11 is 0. The van der Waals surface area contributed by atoms with Gasteiger partial charge in [-0.1, -0.05) is 6.92 Å². The molecular weight excluding hydrogens is 262 g/mol. The summed E-state index contributed by atoms with van der Waals surface area (Å²) in [6, 6.07) is 2.16. The zero-order valence-electron chi connectivity index (χ0n) is 12.1. The minimum atomic E-state index is -2.57. The summed E-state index contributed by atoms with van der Waals surface area (Å²) in [6.45, 7) is 4.15. The van der Waals surface area contributed by atoms with Gasteiger partial charge < -0.3 is 0 Å². The number of carbonyl (C=O) groups excluding carboxylic acids is 1. The van der Waals surface area contributed by atoms with Gasteiger partial charge in [0.1, 0.15) is 5.78 Å². The Labute approximate surface area is 118 Å². The van der Waals surface area contributed by atoms with Crippen LogP contribution >= 0.6 is 0 Å². The van der Waals surface area contributed by atoms with Crippen molar-refractivity contribution in [3.05, 3.63) is 18.0 Å². The number of hydrogen-bond donors (Lipinski definition) is 0. The number of ketones is 1. The van der Waals surface area contributed by atoms with E-state index in [-0.39, 0.29) is 31.0 Å². The van der Waals surface area contributed by atoms with Crippen LogP contribution in [0.4, 0.5) is 8.78 Å². The van der Waals surface area contributed by atoms with Crippen molar-refractivity contribution in [1.29, 1.82) is 0 Å². The maximum Gasteiger partial charge on any atom is 0.248 e. The maximum absolute atomic E-state index is 13.1. The largest absolute Gasteiger partial charge is 0.299 e. The van der Waals surface area contributed by atoms with Gasteiger partial charge in [0.15, 0.2) is 0 Å². The second kappa shape index (κ2) is 6.02. The zero-order chi connectivity index (χ0) is 14.8. The van der Waals surface area contributed by atoms with Gasteiger partial charge in [-0.15, -0.1) is 0 Å². The van der Waals surface area contributed by atoms with Crippen molar-refractivity contribution in [2.24, 2.45) is 5.92 Å². The molecule has 3 nitrogen and oxygen atoms in total. The molecule has 0 bridgehead atoms. The lowest BCUT2D eigenvalue weighted by Crippen LogP contribution is -2.29. The van der Waals surface area contributed by atoms with E-state index in [1.165, 1.54) is 0 Å². The van der Waals surface area contributed by atoms with Gasteiger partial charge in [-0.25, -0.2) is 8.78 Å². The lowest BCUT2D eigenvalue weighted by molar-refractivity contribution is -0.126. The monoisotopic (exact) mass is 284 g/mol. The third kappa shape index (κ3) is 3.64. The van der Waals surface area contributed by atoms with Gasteiger partial charge in [0.25, 0.3) is 0 Å². The Morgan fingerprint density at radius 2 is 2.15 bits per heavy atom. The molecule has 1 aromatic rings. The average molecular weight is 284 g/mol. The molecule has 1 aliphatic carbocycles. The van der Waals surface area contributed by atoms with E-state index >= 15 is 0 Å². The molecule has 0 aromatic carbocycles. The smallest absolute Gasteiger partial charge is 0.248 e. The first-order chi connectivity index (χ1) is 9.41. The van der Waals surface area contributed by atoms with Crippen LogP contribution in [0.25, 0.3) is 0 Å². The maximum atomic E-state index is 13.1. The standard InChI is InChI=1S/C15H22F2N2O/c1-3-11(2)19-9-6-13(18-19)10-14(20)12-4-7-15(16,17)8-5-12/h6,9,11-12H,3-5,7-8,10H2,1-2H3. The van der Waals surface area contributed by atoms with Crippen LogP contribution in [0.1, 0.15) is 57.7 Å². The molecule has 112 valence electrons. The Balaban J connectivity index is 1.90. The highest BCUT2D eigenvalue weighted by molar-refractivity contribution is 5.82. The summed E-state index contributed by atoms with van der Waals surface area (Å²) < 4.78 is 28.0. The van der Waals surface area contributed by atoms with E-state index in [4.69, 9.17) is 0 Å². The molecule has 0 aliphatic heterocycles. The minimum Gasteiger partial charge on any atom is -0.299 e. The second-order valence-electron chi connectivity index (χ2n) is 5.82. The summed E-state index contributed by atoms with van der Waals surface area (Å²) in [6.07, 6.45) is 3.41. The molecule has 1 aliphatic rings. The first-order valence-corrected chi connectivity index (χ1v) is 7.36. The van der Waals surface area contributed by atoms with Crippen molar-refractivity contribution in [3.63, 3.8) is 0 Å². The van der Waals surface area contributed by atoms with E-state index in [1.54, 1.807) is 0 Å². The molecule has 1 aromatic heterocycles. The first-order valence-electron chi connectivity index (χ1n) is 7.36. The van der Waals surface area contributed by atoms with Crippen molar-refractivity contribution in [1.82, 2.24) is 9.78 Å². The van der Waals surface area contributed by atoms with E-state index in [1.807, 2.05) is 16.9 Å². The molecule has 1 saturated carbocycles. The fraction of sp³-hybridized carbons (Fsp3) is 0.733. The van der Waals surface area contributed by atoms with Crippen LogP contribution in [0.5, 0.6) is 0 Å². The average Bonchev–Trinajstić information content (AvgIpc) is 2.86. The van der Waals surface area contributed by atoms with Gasteiger partial charge >= 0.3 is 0 Å². The second-order valence-corrected chi connectivity index (χ2v) is 5.82. The molecule has 0 spiro atoms. The van der Waals surface area contributed by atoms with Crippen molar-refractivity contribution in [2.45, 2.75) is 64.3 Å². The van der Waals surface area contributed by atoms with E-state index in [2.05, 4.69) is 18.9 Å². The van der Waals surface area contributed by atoms with E-state index in [9.17, 15) is 13.6 Å². The van der Waals surface area contributed by atoms with Crippen LogP contribution in [0.2, 0.25) is 0 Å². The van der Waals surface area contributed by atoms with Crippen molar-refractivity contribution in [3.8, 4) is 0 Å². The summed E-state index contributed by atoms with van der Waals surface area (Å²) in [7, 11) is 0. The van der Waals surface area contributed by atoms with E-state index < -0.39 is 5.92 Å². The van der Waals surface area contributed by atoms with E-state index in [0.717, 1.165) is 12.1 Å². The lowest BCUT2D eigenvalue weighted by Gasteiger charge is -2.27. The number of nitrogens with zero attached hydrogens (tertiary/aromatic N) is 2. The highest BCUT2D eigenvalue weighted by Gasteiger charge is 2.37.